The van der Waals surface area contributed by atoms with E-state index < -0.39 is 10.3 Å². The first-order chi connectivity index (χ1) is 9.37. The summed E-state index contributed by atoms with van der Waals surface area (Å²) < 4.78 is 0. The van der Waals surface area contributed by atoms with Crippen molar-refractivity contribution in [3.05, 3.63) is 33.9 Å². The average Bonchev–Trinajstić information content (AvgIpc) is 2.82. The number of amides is 1. The molecular weight excluding hydrogens is 262 g/mol. The highest BCUT2D eigenvalue weighted by Gasteiger charge is 2.39. The highest BCUT2D eigenvalue weighted by molar-refractivity contribution is 5.82. The number of nitrogens with two attached hydrogens (primary N) is 1. The number of hydrogen-bond acceptors (Lipinski definition) is 5. The average molecular weight is 279 g/mol. The van der Waals surface area contributed by atoms with Gasteiger partial charge in [-0.05, 0) is 19.4 Å². The number of nitro groups is 1. The standard InChI is InChI=1S/C13H17N3O4/c1-13(12(14)18)4-5-15(8-13)11-3-2-10(16(19)20)6-9(11)7-17/h2-3,6,17H,4-5,7-8H2,1H3,(H2,14,18). The summed E-state index contributed by atoms with van der Waals surface area (Å²) in [6.45, 7) is 2.59. The quantitative estimate of drug-likeness (QED) is 0.625. The topological polar surface area (TPSA) is 110 Å². The summed E-state index contributed by atoms with van der Waals surface area (Å²) in [5.74, 6) is -0.354. The van der Waals surface area contributed by atoms with Crippen LogP contribution in [-0.4, -0.2) is 29.0 Å². The van der Waals surface area contributed by atoms with Crippen molar-refractivity contribution in [1.82, 2.24) is 0 Å². The minimum absolute atomic E-state index is 0.0605. The summed E-state index contributed by atoms with van der Waals surface area (Å²) in [4.78, 5) is 23.6. The molecule has 3 N–H and O–H groups in total. The molecule has 0 radical (unpaired) electrons. The fourth-order valence-electron chi connectivity index (χ4n) is 2.49. The number of primary amides is 1. The van der Waals surface area contributed by atoms with Crippen LogP contribution in [0.1, 0.15) is 18.9 Å². The molecule has 0 aromatic heterocycles. The van der Waals surface area contributed by atoms with Crippen molar-refractivity contribution in [3.63, 3.8) is 0 Å². The maximum absolute atomic E-state index is 11.5. The molecule has 0 aliphatic carbocycles. The number of rotatable bonds is 4. The van der Waals surface area contributed by atoms with E-state index in [1.54, 1.807) is 13.0 Å². The highest BCUT2D eigenvalue weighted by Crippen LogP contribution is 2.35. The summed E-state index contributed by atoms with van der Waals surface area (Å²) in [6.07, 6.45) is 0.629. The largest absolute Gasteiger partial charge is 0.392 e. The monoisotopic (exact) mass is 279 g/mol. The van der Waals surface area contributed by atoms with Crippen LogP contribution in [0.4, 0.5) is 11.4 Å². The number of nitro benzene ring substituents is 1. The molecule has 7 heteroatoms. The Balaban J connectivity index is 2.30. The molecule has 1 aromatic rings. The van der Waals surface area contributed by atoms with Crippen molar-refractivity contribution in [2.24, 2.45) is 11.1 Å². The lowest BCUT2D eigenvalue weighted by atomic mass is 9.89. The van der Waals surface area contributed by atoms with E-state index in [-0.39, 0.29) is 18.2 Å². The zero-order chi connectivity index (χ0) is 14.9. The van der Waals surface area contributed by atoms with Crippen LogP contribution in [-0.2, 0) is 11.4 Å². The van der Waals surface area contributed by atoms with Gasteiger partial charge < -0.3 is 15.7 Å². The van der Waals surface area contributed by atoms with E-state index in [0.717, 1.165) is 0 Å². The zero-order valence-electron chi connectivity index (χ0n) is 11.2. The highest BCUT2D eigenvalue weighted by atomic mass is 16.6. The second-order valence-electron chi connectivity index (χ2n) is 5.32. The number of anilines is 1. The van der Waals surface area contributed by atoms with Crippen LogP contribution >= 0.6 is 0 Å². The number of carbonyl (C=O) groups excluding carboxylic acids is 1. The minimum Gasteiger partial charge on any atom is -0.392 e. The van der Waals surface area contributed by atoms with Gasteiger partial charge in [-0.1, -0.05) is 0 Å². The second kappa shape index (κ2) is 5.09. The van der Waals surface area contributed by atoms with E-state index in [4.69, 9.17) is 5.73 Å². The minimum atomic E-state index is -0.603. The van der Waals surface area contributed by atoms with Gasteiger partial charge in [0.05, 0.1) is 16.9 Å². The first-order valence-electron chi connectivity index (χ1n) is 6.30. The Morgan fingerprint density at radius 3 is 2.80 bits per heavy atom. The number of aliphatic hydroxyl groups excluding tert-OH is 1. The van der Waals surface area contributed by atoms with Crippen LogP contribution in [0.2, 0.25) is 0 Å². The second-order valence-corrected chi connectivity index (χ2v) is 5.32. The molecule has 1 aromatic carbocycles. The van der Waals surface area contributed by atoms with E-state index in [1.807, 2.05) is 4.90 Å². The number of carbonyl (C=O) groups is 1. The van der Waals surface area contributed by atoms with E-state index in [2.05, 4.69) is 0 Å². The molecule has 0 saturated carbocycles. The van der Waals surface area contributed by atoms with Gasteiger partial charge in [-0.25, -0.2) is 0 Å². The van der Waals surface area contributed by atoms with Gasteiger partial charge >= 0.3 is 0 Å². The molecule has 108 valence electrons. The number of aliphatic hydroxyl groups is 1. The maximum atomic E-state index is 11.5. The predicted molar refractivity (Wildman–Crippen MR) is 73.2 cm³/mol. The van der Waals surface area contributed by atoms with Crippen molar-refractivity contribution in [2.75, 3.05) is 18.0 Å². The fourth-order valence-corrected chi connectivity index (χ4v) is 2.49. The van der Waals surface area contributed by atoms with Crippen molar-refractivity contribution in [2.45, 2.75) is 20.0 Å². The van der Waals surface area contributed by atoms with Crippen molar-refractivity contribution < 1.29 is 14.8 Å². The Hall–Kier alpha value is -2.15. The summed E-state index contributed by atoms with van der Waals surface area (Å²) in [5.41, 5.74) is 5.93. The van der Waals surface area contributed by atoms with Crippen LogP contribution in [0.25, 0.3) is 0 Å². The summed E-state index contributed by atoms with van der Waals surface area (Å²) in [6, 6.07) is 4.36. The Kier molecular flexibility index (Phi) is 3.63. The maximum Gasteiger partial charge on any atom is 0.269 e. The van der Waals surface area contributed by atoms with Gasteiger partial charge in [-0.2, -0.15) is 0 Å². The molecule has 1 fully saturated rings. The van der Waals surface area contributed by atoms with E-state index in [0.29, 0.717) is 30.8 Å². The summed E-state index contributed by atoms with van der Waals surface area (Å²) >= 11 is 0. The molecule has 1 aliphatic heterocycles. The number of hydrogen-bond donors (Lipinski definition) is 2. The van der Waals surface area contributed by atoms with E-state index in [1.165, 1.54) is 12.1 Å². The molecule has 1 amide bonds. The molecule has 1 aliphatic rings. The number of benzene rings is 1. The molecule has 2 rings (SSSR count). The molecule has 1 heterocycles. The van der Waals surface area contributed by atoms with Crippen molar-refractivity contribution in [1.29, 1.82) is 0 Å². The lowest BCUT2D eigenvalue weighted by Gasteiger charge is -2.24. The van der Waals surface area contributed by atoms with Gasteiger partial charge in [0.2, 0.25) is 5.91 Å². The molecule has 1 atom stereocenters. The van der Waals surface area contributed by atoms with Crippen LogP contribution in [0, 0.1) is 15.5 Å². The summed E-state index contributed by atoms with van der Waals surface area (Å²) in [7, 11) is 0. The smallest absolute Gasteiger partial charge is 0.269 e. The van der Waals surface area contributed by atoms with E-state index >= 15 is 0 Å². The fraction of sp³-hybridized carbons (Fsp3) is 0.462. The van der Waals surface area contributed by atoms with Crippen LogP contribution < -0.4 is 10.6 Å². The van der Waals surface area contributed by atoms with Gasteiger partial charge in [0, 0.05) is 36.5 Å². The Labute approximate surface area is 116 Å². The zero-order valence-corrected chi connectivity index (χ0v) is 11.2. The van der Waals surface area contributed by atoms with Gasteiger partial charge in [-0.3, -0.25) is 14.9 Å². The Morgan fingerprint density at radius 1 is 1.60 bits per heavy atom. The van der Waals surface area contributed by atoms with Crippen molar-refractivity contribution >= 4 is 17.3 Å². The molecule has 1 unspecified atom stereocenters. The van der Waals surface area contributed by atoms with Crippen LogP contribution in [0.5, 0.6) is 0 Å². The van der Waals surface area contributed by atoms with Gasteiger partial charge in [0.25, 0.3) is 5.69 Å². The Morgan fingerprint density at radius 2 is 2.30 bits per heavy atom. The predicted octanol–water partition coefficient (Wildman–Crippen LogP) is 0.789. The SMILES string of the molecule is CC1(C(N)=O)CCN(c2ccc([N+](=O)[O-])cc2CO)C1. The molecular formula is C13H17N3O4. The molecule has 1 saturated heterocycles. The summed E-state index contributed by atoms with van der Waals surface area (Å²) in [5, 5.41) is 20.1. The normalized spacial score (nSPS) is 22.0. The van der Waals surface area contributed by atoms with E-state index in [9.17, 15) is 20.0 Å². The molecule has 0 bridgehead atoms. The van der Waals surface area contributed by atoms with Crippen LogP contribution in [0.3, 0.4) is 0 Å². The first-order valence-corrected chi connectivity index (χ1v) is 6.30. The third kappa shape index (κ3) is 2.44. The first kappa shape index (κ1) is 14.3. The lowest BCUT2D eigenvalue weighted by Crippen LogP contribution is -2.37. The van der Waals surface area contributed by atoms with Gasteiger partial charge in [0.1, 0.15) is 0 Å². The van der Waals surface area contributed by atoms with Gasteiger partial charge in [0.15, 0.2) is 0 Å². The third-order valence-electron chi connectivity index (χ3n) is 3.85. The van der Waals surface area contributed by atoms with Crippen molar-refractivity contribution in [3.8, 4) is 0 Å². The molecule has 0 spiro atoms. The molecule has 7 nitrogen and oxygen atoms in total. The number of non-ortho nitro benzene ring substituents is 1. The lowest BCUT2D eigenvalue weighted by molar-refractivity contribution is -0.384. The third-order valence-corrected chi connectivity index (χ3v) is 3.85. The number of nitrogens with zero attached hydrogens (tertiary/aromatic N) is 2. The van der Waals surface area contributed by atoms with Crippen LogP contribution in [0.15, 0.2) is 18.2 Å². The van der Waals surface area contributed by atoms with Gasteiger partial charge in [-0.15, -0.1) is 0 Å². The molecule has 20 heavy (non-hydrogen) atoms. The Bertz CT molecular complexity index is 561.